The molecule has 0 saturated heterocycles. The number of urea groups is 1. The lowest BCUT2D eigenvalue weighted by atomic mass is 10.9. The standard InChI is InChI=1S/C5H11N3O5S/c1-6-4(9)8(14(11)12)3-13-5(10)7-2/h3H2,1-2H3,(H,6,9)(H,7,10)(H,11,12). The number of carbonyl (C=O) groups excluding carboxylic acids is 2. The monoisotopic (exact) mass is 225 g/mol. The molecule has 0 fully saturated rings. The lowest BCUT2D eigenvalue weighted by Crippen LogP contribution is -2.41. The van der Waals surface area contributed by atoms with Gasteiger partial charge in [0.25, 0.3) is 11.3 Å². The normalized spacial score (nSPS) is 11.4. The molecule has 1 unspecified atom stereocenters. The van der Waals surface area contributed by atoms with Crippen molar-refractivity contribution in [2.45, 2.75) is 0 Å². The second kappa shape index (κ2) is 6.16. The molecule has 0 heterocycles. The number of alkyl carbamates (subject to hydrolysis) is 1. The highest BCUT2D eigenvalue weighted by Gasteiger charge is 2.18. The lowest BCUT2D eigenvalue weighted by Gasteiger charge is -2.16. The zero-order valence-electron chi connectivity index (χ0n) is 7.64. The predicted octanol–water partition coefficient (Wildman–Crippen LogP) is -0.922. The third kappa shape index (κ3) is 4.05. The molecule has 0 rings (SSSR count). The van der Waals surface area contributed by atoms with Gasteiger partial charge in [0.2, 0.25) is 0 Å². The van der Waals surface area contributed by atoms with Crippen LogP contribution >= 0.6 is 0 Å². The zero-order chi connectivity index (χ0) is 11.1. The molecule has 0 saturated carbocycles. The quantitative estimate of drug-likeness (QED) is 0.425. The summed E-state index contributed by atoms with van der Waals surface area (Å²) in [5.41, 5.74) is 0. The van der Waals surface area contributed by atoms with Gasteiger partial charge in [0, 0.05) is 14.1 Å². The molecule has 0 aliphatic carbocycles. The first-order valence-corrected chi connectivity index (χ1v) is 4.54. The number of nitrogens with one attached hydrogen (secondary N) is 2. The topological polar surface area (TPSA) is 108 Å². The summed E-state index contributed by atoms with van der Waals surface area (Å²) in [5.74, 6) is 0. The van der Waals surface area contributed by atoms with E-state index in [2.05, 4.69) is 15.4 Å². The Labute approximate surface area is 83.0 Å². The van der Waals surface area contributed by atoms with E-state index >= 15 is 0 Å². The fraction of sp³-hybridized carbons (Fsp3) is 0.600. The minimum absolute atomic E-state index is 0.426. The van der Waals surface area contributed by atoms with E-state index < -0.39 is 30.1 Å². The van der Waals surface area contributed by atoms with Crippen molar-refractivity contribution >= 4 is 23.4 Å². The Bertz CT molecular complexity index is 246. The fourth-order valence-corrected chi connectivity index (χ4v) is 0.865. The summed E-state index contributed by atoms with van der Waals surface area (Å²) in [6.45, 7) is -0.609. The van der Waals surface area contributed by atoms with Crippen LogP contribution in [0, 0.1) is 0 Å². The first-order chi connectivity index (χ1) is 6.52. The maximum absolute atomic E-state index is 10.9. The minimum Gasteiger partial charge on any atom is -0.427 e. The molecule has 8 nitrogen and oxygen atoms in total. The maximum atomic E-state index is 10.9. The maximum Gasteiger partial charge on any atom is 0.408 e. The zero-order valence-corrected chi connectivity index (χ0v) is 8.46. The van der Waals surface area contributed by atoms with Crippen molar-refractivity contribution in [3.05, 3.63) is 0 Å². The van der Waals surface area contributed by atoms with Crippen LogP contribution in [0.2, 0.25) is 0 Å². The highest BCUT2D eigenvalue weighted by atomic mass is 32.2. The van der Waals surface area contributed by atoms with Gasteiger partial charge >= 0.3 is 12.1 Å². The van der Waals surface area contributed by atoms with Crippen molar-refractivity contribution in [2.24, 2.45) is 0 Å². The third-order valence-corrected chi connectivity index (χ3v) is 1.79. The number of hydrogen-bond acceptors (Lipinski definition) is 4. The number of hydrogen-bond donors (Lipinski definition) is 3. The summed E-state index contributed by atoms with van der Waals surface area (Å²) in [7, 11) is 2.60. The molecule has 9 heteroatoms. The van der Waals surface area contributed by atoms with Crippen LogP contribution < -0.4 is 10.6 Å². The molecule has 82 valence electrons. The molecular formula is C5H11N3O5S. The van der Waals surface area contributed by atoms with Gasteiger partial charge < -0.3 is 15.4 Å². The van der Waals surface area contributed by atoms with Crippen LogP contribution in [0.1, 0.15) is 0 Å². The van der Waals surface area contributed by atoms with E-state index in [1.165, 1.54) is 14.1 Å². The molecule has 0 aromatic carbocycles. The van der Waals surface area contributed by atoms with Gasteiger partial charge in [-0.15, -0.1) is 0 Å². The Morgan fingerprint density at radius 1 is 1.43 bits per heavy atom. The first-order valence-electron chi connectivity index (χ1n) is 3.47. The average molecular weight is 225 g/mol. The Hall–Kier alpha value is -1.35. The van der Waals surface area contributed by atoms with Crippen molar-refractivity contribution in [1.29, 1.82) is 0 Å². The Kier molecular flexibility index (Phi) is 5.56. The summed E-state index contributed by atoms with van der Waals surface area (Å²) in [5, 5.41) is 4.23. The molecule has 0 aromatic heterocycles. The van der Waals surface area contributed by atoms with Gasteiger partial charge in [-0.2, -0.15) is 4.31 Å². The molecule has 0 aliphatic rings. The van der Waals surface area contributed by atoms with E-state index in [0.29, 0.717) is 4.31 Å². The van der Waals surface area contributed by atoms with Gasteiger partial charge in [-0.1, -0.05) is 0 Å². The van der Waals surface area contributed by atoms with Crippen LogP contribution in [-0.2, 0) is 16.0 Å². The van der Waals surface area contributed by atoms with Crippen LogP contribution in [0.4, 0.5) is 9.59 Å². The second-order valence-corrected chi connectivity index (χ2v) is 2.88. The van der Waals surface area contributed by atoms with Gasteiger partial charge in [-0.05, 0) is 0 Å². The van der Waals surface area contributed by atoms with Crippen molar-refractivity contribution in [2.75, 3.05) is 20.8 Å². The van der Waals surface area contributed by atoms with Gasteiger partial charge in [0.15, 0.2) is 6.73 Å². The van der Waals surface area contributed by atoms with Crippen LogP contribution in [0.25, 0.3) is 0 Å². The van der Waals surface area contributed by atoms with Crippen LogP contribution in [-0.4, -0.2) is 46.0 Å². The smallest absolute Gasteiger partial charge is 0.408 e. The van der Waals surface area contributed by atoms with Crippen LogP contribution in [0.3, 0.4) is 0 Å². The number of ether oxygens (including phenoxy) is 1. The minimum atomic E-state index is -2.54. The summed E-state index contributed by atoms with van der Waals surface area (Å²) >= 11 is -2.54. The molecule has 0 aliphatic heterocycles. The summed E-state index contributed by atoms with van der Waals surface area (Å²) in [6.07, 6.45) is -0.802. The average Bonchev–Trinajstić information content (AvgIpc) is 2.16. The number of nitrogens with zero attached hydrogens (tertiary/aromatic N) is 1. The predicted molar refractivity (Wildman–Crippen MR) is 47.5 cm³/mol. The Morgan fingerprint density at radius 2 is 2.00 bits per heavy atom. The van der Waals surface area contributed by atoms with Gasteiger partial charge in [0.05, 0.1) is 0 Å². The Balaban J connectivity index is 4.18. The molecule has 0 radical (unpaired) electrons. The third-order valence-electron chi connectivity index (χ3n) is 1.15. The highest BCUT2D eigenvalue weighted by molar-refractivity contribution is 7.77. The molecule has 3 N–H and O–H groups in total. The second-order valence-electron chi connectivity index (χ2n) is 1.98. The van der Waals surface area contributed by atoms with E-state index in [1.54, 1.807) is 0 Å². The first kappa shape index (κ1) is 12.7. The lowest BCUT2D eigenvalue weighted by molar-refractivity contribution is 0.115. The van der Waals surface area contributed by atoms with Crippen LogP contribution in [0.5, 0.6) is 0 Å². The molecule has 14 heavy (non-hydrogen) atoms. The molecule has 0 aromatic rings. The van der Waals surface area contributed by atoms with E-state index in [9.17, 15) is 13.8 Å². The van der Waals surface area contributed by atoms with Crippen molar-refractivity contribution in [3.63, 3.8) is 0 Å². The molecule has 3 amide bonds. The SMILES string of the molecule is CNC(=O)OCN(C(=O)NC)S(=O)O. The van der Waals surface area contributed by atoms with Gasteiger partial charge in [-0.3, -0.25) is 4.55 Å². The largest absolute Gasteiger partial charge is 0.427 e. The number of carbonyl (C=O) groups is 2. The Morgan fingerprint density at radius 3 is 2.36 bits per heavy atom. The van der Waals surface area contributed by atoms with Crippen molar-refractivity contribution in [1.82, 2.24) is 14.9 Å². The van der Waals surface area contributed by atoms with Crippen LogP contribution in [0.15, 0.2) is 0 Å². The summed E-state index contributed by atoms with van der Waals surface area (Å²) in [4.78, 5) is 21.5. The highest BCUT2D eigenvalue weighted by Crippen LogP contribution is 1.94. The molecule has 1 atom stereocenters. The van der Waals surface area contributed by atoms with Crippen molar-refractivity contribution in [3.8, 4) is 0 Å². The molecule has 0 spiro atoms. The fourth-order valence-electron chi connectivity index (χ4n) is 0.489. The van der Waals surface area contributed by atoms with E-state index in [1.807, 2.05) is 0 Å². The van der Waals surface area contributed by atoms with Gasteiger partial charge in [0.1, 0.15) is 0 Å². The number of rotatable bonds is 3. The number of amides is 3. The van der Waals surface area contributed by atoms with E-state index in [-0.39, 0.29) is 0 Å². The van der Waals surface area contributed by atoms with Crippen molar-refractivity contribution < 1.29 is 23.1 Å². The van der Waals surface area contributed by atoms with E-state index in [0.717, 1.165) is 0 Å². The molecular weight excluding hydrogens is 214 g/mol. The molecule has 0 bridgehead atoms. The summed E-state index contributed by atoms with van der Waals surface area (Å²) < 4.78 is 24.0. The van der Waals surface area contributed by atoms with E-state index in [4.69, 9.17) is 4.55 Å². The van der Waals surface area contributed by atoms with Gasteiger partial charge in [-0.25, -0.2) is 13.8 Å². The summed E-state index contributed by atoms with van der Waals surface area (Å²) in [6, 6.07) is -0.824.